The highest BCUT2D eigenvalue weighted by Gasteiger charge is 2.38. The Morgan fingerprint density at radius 2 is 1.85 bits per heavy atom. The van der Waals surface area contributed by atoms with Gasteiger partial charge in [-0.15, -0.1) is 0 Å². The smallest absolute Gasteiger partial charge is 0.268 e. The van der Waals surface area contributed by atoms with Crippen LogP contribution in [0, 0.1) is 5.92 Å². The molecule has 0 N–H and O–H groups in total. The number of likely N-dealkylation sites (N-methyl/N-ethyl adjacent to an activating group) is 1. The Balaban J connectivity index is 2.43. The number of ether oxygens (including phenoxy) is 1. The number of carbonyl (C=O) groups is 3. The number of benzene rings is 1. The Morgan fingerprint density at radius 1 is 1.19 bits per heavy atom. The molecule has 0 fully saturated rings. The number of anilines is 1. The second kappa shape index (κ2) is 9.02. The van der Waals surface area contributed by atoms with Gasteiger partial charge in [-0.2, -0.15) is 0 Å². The lowest BCUT2D eigenvalue weighted by molar-refractivity contribution is -0.134. The van der Waals surface area contributed by atoms with Gasteiger partial charge in [-0.3, -0.25) is 19.3 Å². The van der Waals surface area contributed by atoms with Crippen molar-refractivity contribution in [1.82, 2.24) is 4.90 Å². The Morgan fingerprint density at radius 3 is 2.41 bits per heavy atom. The zero-order chi connectivity index (χ0) is 20.1. The average Bonchev–Trinajstić information content (AvgIpc) is 2.64. The molecule has 0 saturated carbocycles. The van der Waals surface area contributed by atoms with Gasteiger partial charge in [0.05, 0.1) is 5.69 Å². The van der Waals surface area contributed by atoms with E-state index in [1.165, 1.54) is 4.90 Å². The molecule has 2 amide bonds. The highest BCUT2D eigenvalue weighted by Crippen LogP contribution is 2.36. The summed E-state index contributed by atoms with van der Waals surface area (Å²) in [5.41, 5.74) is 1.04. The molecule has 1 heterocycles. The van der Waals surface area contributed by atoms with E-state index in [0.29, 0.717) is 36.5 Å². The van der Waals surface area contributed by atoms with Crippen molar-refractivity contribution < 1.29 is 19.1 Å². The minimum atomic E-state index is -0.640. The molecule has 0 spiro atoms. The third-order valence-corrected chi connectivity index (χ3v) is 4.83. The Kier molecular flexibility index (Phi) is 6.99. The standard InChI is InChI=1S/C21H30N2O4/c1-6-9-17(24)15-10-11-18-16(12-15)23(13-19(25)22(7-2)8-3)21(26)20(27-18)14(4)5/h10-12,14,20H,6-9,13H2,1-5H3. The van der Waals surface area contributed by atoms with Crippen LogP contribution in [-0.2, 0) is 9.59 Å². The summed E-state index contributed by atoms with van der Waals surface area (Å²) in [5, 5.41) is 0. The summed E-state index contributed by atoms with van der Waals surface area (Å²) in [6.45, 7) is 10.7. The van der Waals surface area contributed by atoms with Crippen LogP contribution in [0.4, 0.5) is 5.69 Å². The van der Waals surface area contributed by atoms with Crippen molar-refractivity contribution in [1.29, 1.82) is 0 Å². The predicted molar refractivity (Wildman–Crippen MR) is 105 cm³/mol. The van der Waals surface area contributed by atoms with E-state index in [2.05, 4.69) is 0 Å². The predicted octanol–water partition coefficient (Wildman–Crippen LogP) is 3.29. The number of fused-ring (bicyclic) bond motifs is 1. The van der Waals surface area contributed by atoms with Gasteiger partial charge in [-0.25, -0.2) is 0 Å². The van der Waals surface area contributed by atoms with Gasteiger partial charge in [-0.05, 0) is 44.4 Å². The molecule has 148 valence electrons. The summed E-state index contributed by atoms with van der Waals surface area (Å²) >= 11 is 0. The van der Waals surface area contributed by atoms with E-state index in [1.807, 2.05) is 34.6 Å². The first kappa shape index (κ1) is 20.9. The van der Waals surface area contributed by atoms with Gasteiger partial charge in [-0.1, -0.05) is 20.8 Å². The molecule has 1 aromatic rings. The SMILES string of the molecule is CCCC(=O)c1ccc2c(c1)N(CC(=O)N(CC)CC)C(=O)C(C(C)C)O2. The maximum Gasteiger partial charge on any atom is 0.268 e. The lowest BCUT2D eigenvalue weighted by atomic mass is 10.0. The molecule has 6 nitrogen and oxygen atoms in total. The van der Waals surface area contributed by atoms with E-state index in [-0.39, 0.29) is 30.1 Å². The second-order valence-corrected chi connectivity index (χ2v) is 7.13. The Labute approximate surface area is 161 Å². The lowest BCUT2D eigenvalue weighted by Crippen LogP contribution is -2.52. The van der Waals surface area contributed by atoms with Crippen molar-refractivity contribution >= 4 is 23.3 Å². The van der Waals surface area contributed by atoms with Crippen LogP contribution in [0.5, 0.6) is 5.75 Å². The molecule has 1 aliphatic heterocycles. The van der Waals surface area contributed by atoms with E-state index in [0.717, 1.165) is 6.42 Å². The highest BCUT2D eigenvalue weighted by molar-refractivity contribution is 6.05. The number of amides is 2. The number of hydrogen-bond acceptors (Lipinski definition) is 4. The average molecular weight is 374 g/mol. The third-order valence-electron chi connectivity index (χ3n) is 4.83. The van der Waals surface area contributed by atoms with Crippen LogP contribution in [0.25, 0.3) is 0 Å². The molecule has 0 aliphatic carbocycles. The van der Waals surface area contributed by atoms with E-state index in [9.17, 15) is 14.4 Å². The van der Waals surface area contributed by atoms with E-state index in [1.54, 1.807) is 23.1 Å². The van der Waals surface area contributed by atoms with Gasteiger partial charge in [0.2, 0.25) is 5.91 Å². The van der Waals surface area contributed by atoms with Crippen molar-refractivity contribution in [2.45, 2.75) is 53.6 Å². The first-order chi connectivity index (χ1) is 12.8. The largest absolute Gasteiger partial charge is 0.478 e. The molecule has 0 bridgehead atoms. The van der Waals surface area contributed by atoms with Crippen molar-refractivity contribution in [2.24, 2.45) is 5.92 Å². The molecule has 0 aromatic heterocycles. The molecular formula is C21H30N2O4. The first-order valence-electron chi connectivity index (χ1n) is 9.76. The summed E-state index contributed by atoms with van der Waals surface area (Å²) < 4.78 is 5.90. The molecule has 27 heavy (non-hydrogen) atoms. The van der Waals surface area contributed by atoms with Crippen LogP contribution in [0.3, 0.4) is 0 Å². The normalized spacial score (nSPS) is 16.1. The quantitative estimate of drug-likeness (QED) is 0.655. The molecule has 1 aromatic carbocycles. The van der Waals surface area contributed by atoms with Crippen molar-refractivity contribution in [3.63, 3.8) is 0 Å². The fraction of sp³-hybridized carbons (Fsp3) is 0.571. The minimum absolute atomic E-state index is 0.0220. The fourth-order valence-electron chi connectivity index (χ4n) is 3.23. The molecule has 0 saturated heterocycles. The van der Waals surface area contributed by atoms with E-state index in [4.69, 9.17) is 4.74 Å². The molecule has 2 rings (SSSR count). The summed E-state index contributed by atoms with van der Waals surface area (Å²) in [5.74, 6) is 0.174. The zero-order valence-electron chi connectivity index (χ0n) is 16.9. The van der Waals surface area contributed by atoms with Gasteiger partial charge >= 0.3 is 0 Å². The molecule has 1 aliphatic rings. The van der Waals surface area contributed by atoms with Gasteiger partial charge in [0.15, 0.2) is 11.9 Å². The zero-order valence-corrected chi connectivity index (χ0v) is 16.9. The molecule has 6 heteroatoms. The maximum atomic E-state index is 13.0. The number of carbonyl (C=O) groups excluding carboxylic acids is 3. The van der Waals surface area contributed by atoms with Crippen molar-refractivity contribution in [2.75, 3.05) is 24.5 Å². The summed E-state index contributed by atoms with van der Waals surface area (Å²) in [6, 6.07) is 5.14. The number of rotatable bonds is 8. The van der Waals surface area contributed by atoms with Crippen molar-refractivity contribution in [3.05, 3.63) is 23.8 Å². The monoisotopic (exact) mass is 374 g/mol. The molecular weight excluding hydrogens is 344 g/mol. The molecule has 0 radical (unpaired) electrons. The maximum absolute atomic E-state index is 13.0. The second-order valence-electron chi connectivity index (χ2n) is 7.13. The van der Waals surface area contributed by atoms with Crippen LogP contribution in [-0.4, -0.2) is 48.2 Å². The number of ketones is 1. The highest BCUT2D eigenvalue weighted by atomic mass is 16.5. The van der Waals surface area contributed by atoms with Gasteiger partial charge < -0.3 is 9.64 Å². The van der Waals surface area contributed by atoms with Crippen LogP contribution < -0.4 is 9.64 Å². The van der Waals surface area contributed by atoms with Crippen LogP contribution in [0.15, 0.2) is 18.2 Å². The minimum Gasteiger partial charge on any atom is -0.478 e. The van der Waals surface area contributed by atoms with Crippen LogP contribution in [0.2, 0.25) is 0 Å². The summed E-state index contributed by atoms with van der Waals surface area (Å²) in [4.78, 5) is 41.1. The summed E-state index contributed by atoms with van der Waals surface area (Å²) in [7, 11) is 0. The third kappa shape index (κ3) is 4.49. The molecule has 1 atom stereocenters. The van der Waals surface area contributed by atoms with E-state index < -0.39 is 6.10 Å². The molecule has 1 unspecified atom stereocenters. The number of hydrogen-bond donors (Lipinski definition) is 0. The fourth-order valence-corrected chi connectivity index (χ4v) is 3.23. The van der Waals surface area contributed by atoms with Gasteiger partial charge in [0, 0.05) is 25.1 Å². The lowest BCUT2D eigenvalue weighted by Gasteiger charge is -2.36. The summed E-state index contributed by atoms with van der Waals surface area (Å²) in [6.07, 6.45) is 0.560. The Hall–Kier alpha value is -2.37. The van der Waals surface area contributed by atoms with Gasteiger partial charge in [0.1, 0.15) is 12.3 Å². The number of nitrogens with zero attached hydrogens (tertiary/aromatic N) is 2. The van der Waals surface area contributed by atoms with Crippen molar-refractivity contribution in [3.8, 4) is 5.75 Å². The van der Waals surface area contributed by atoms with Gasteiger partial charge in [0.25, 0.3) is 5.91 Å². The Bertz CT molecular complexity index is 710. The van der Waals surface area contributed by atoms with Crippen LogP contribution in [0.1, 0.15) is 57.8 Å². The van der Waals surface area contributed by atoms with Crippen LogP contribution >= 0.6 is 0 Å². The number of Topliss-reactive ketones (excluding diaryl/α,β-unsaturated/α-hetero) is 1. The van der Waals surface area contributed by atoms with E-state index >= 15 is 0 Å². The topological polar surface area (TPSA) is 66.9 Å². The first-order valence-corrected chi connectivity index (χ1v) is 9.76.